The summed E-state index contributed by atoms with van der Waals surface area (Å²) in [5.74, 6) is 0.340. The van der Waals surface area contributed by atoms with E-state index in [-0.39, 0.29) is 30.2 Å². The van der Waals surface area contributed by atoms with Crippen LogP contribution < -0.4 is 10.4 Å². The summed E-state index contributed by atoms with van der Waals surface area (Å²) in [5, 5.41) is 0.719. The lowest BCUT2D eigenvalue weighted by Crippen LogP contribution is -2.50. The first kappa shape index (κ1) is 19.9. The van der Waals surface area contributed by atoms with E-state index in [0.29, 0.717) is 35.4 Å². The second-order valence-electron chi connectivity index (χ2n) is 7.98. The van der Waals surface area contributed by atoms with Gasteiger partial charge in [-0.05, 0) is 38.0 Å². The minimum Gasteiger partial charge on any atom is -0.478 e. The van der Waals surface area contributed by atoms with Gasteiger partial charge >= 0.3 is 11.6 Å². The third-order valence-electron chi connectivity index (χ3n) is 6.03. The van der Waals surface area contributed by atoms with Crippen LogP contribution in [0, 0.1) is 6.92 Å². The zero-order chi connectivity index (χ0) is 21.0. The fourth-order valence-corrected chi connectivity index (χ4v) is 6.34. The molecular weight excluding hydrogens is 398 g/mol. The van der Waals surface area contributed by atoms with Crippen molar-refractivity contribution in [3.63, 3.8) is 0 Å². The summed E-state index contributed by atoms with van der Waals surface area (Å²) >= 11 is 0. The van der Waals surface area contributed by atoms with E-state index >= 15 is 0 Å². The average molecular weight is 421 g/mol. The number of aryl methyl sites for hydroxylation is 1. The lowest BCUT2D eigenvalue weighted by molar-refractivity contribution is -0.139. The summed E-state index contributed by atoms with van der Waals surface area (Å²) in [6, 6.07) is 3.63. The Hall–Kier alpha value is -2.39. The molecule has 0 amide bonds. The van der Waals surface area contributed by atoms with E-state index < -0.39 is 27.0 Å². The van der Waals surface area contributed by atoms with Gasteiger partial charge in [0.2, 0.25) is 0 Å². The smallest absolute Gasteiger partial charge is 0.340 e. The van der Waals surface area contributed by atoms with Crippen LogP contribution >= 0.6 is 0 Å². The maximum atomic E-state index is 12.6. The fourth-order valence-electron chi connectivity index (χ4n) is 4.17. The molecule has 0 aliphatic carbocycles. The van der Waals surface area contributed by atoms with Crippen LogP contribution in [0.15, 0.2) is 21.3 Å². The molecule has 1 fully saturated rings. The van der Waals surface area contributed by atoms with Crippen LogP contribution in [0.5, 0.6) is 5.75 Å². The Morgan fingerprint density at radius 3 is 2.76 bits per heavy atom. The van der Waals surface area contributed by atoms with Gasteiger partial charge in [-0.25, -0.2) is 13.2 Å². The molecule has 0 bridgehead atoms. The van der Waals surface area contributed by atoms with E-state index in [1.54, 1.807) is 6.92 Å². The number of esters is 1. The summed E-state index contributed by atoms with van der Waals surface area (Å²) < 4.78 is 40.2. The summed E-state index contributed by atoms with van der Waals surface area (Å²) in [6.45, 7) is 4.38. The van der Waals surface area contributed by atoms with E-state index in [4.69, 9.17) is 9.15 Å². The molecule has 1 atom stereocenters. The quantitative estimate of drug-likeness (QED) is 0.543. The number of ether oxygens (including phenoxy) is 2. The summed E-state index contributed by atoms with van der Waals surface area (Å²) in [6.07, 6.45) is 0.376. The lowest BCUT2D eigenvalue weighted by atomic mass is 9.96. The molecule has 0 saturated carbocycles. The molecule has 29 heavy (non-hydrogen) atoms. The molecule has 1 aromatic carbocycles. The van der Waals surface area contributed by atoms with Crippen LogP contribution in [0.25, 0.3) is 11.0 Å². The number of fused-ring (bicyclic) bond motifs is 3. The highest BCUT2D eigenvalue weighted by molar-refractivity contribution is 7.91. The SMILES string of the molecule is COC(=O)Cc1c(C)c2ccc3c(c2oc1=O)CN([C@@]1(C)CCS(=O)(=O)C1)CO3. The Kier molecular flexibility index (Phi) is 4.70. The molecule has 1 saturated heterocycles. The number of hydrogen-bond acceptors (Lipinski definition) is 8. The number of carbonyl (C=O) groups excluding carboxylic acids is 1. The van der Waals surface area contributed by atoms with Gasteiger partial charge < -0.3 is 13.9 Å². The molecule has 3 heterocycles. The molecule has 0 spiro atoms. The third-order valence-corrected chi connectivity index (χ3v) is 7.92. The predicted molar refractivity (Wildman–Crippen MR) is 106 cm³/mol. The maximum absolute atomic E-state index is 12.6. The van der Waals surface area contributed by atoms with Gasteiger partial charge in [0.05, 0.1) is 36.2 Å². The molecule has 2 aliphatic rings. The molecule has 9 heteroatoms. The molecule has 0 radical (unpaired) electrons. The first-order chi connectivity index (χ1) is 13.6. The molecule has 2 aromatic rings. The van der Waals surface area contributed by atoms with Gasteiger partial charge in [0.25, 0.3) is 0 Å². The lowest BCUT2D eigenvalue weighted by Gasteiger charge is -2.40. The van der Waals surface area contributed by atoms with Gasteiger partial charge in [-0.15, -0.1) is 0 Å². The number of carbonyl (C=O) groups is 1. The van der Waals surface area contributed by atoms with Crippen LogP contribution in [-0.2, 0) is 32.3 Å². The van der Waals surface area contributed by atoms with Gasteiger partial charge in [-0.1, -0.05) is 0 Å². The molecule has 1 aromatic heterocycles. The van der Waals surface area contributed by atoms with Gasteiger partial charge in [0, 0.05) is 17.5 Å². The van der Waals surface area contributed by atoms with Gasteiger partial charge in [0.15, 0.2) is 9.84 Å². The second-order valence-corrected chi connectivity index (χ2v) is 10.2. The Bertz CT molecular complexity index is 1170. The van der Waals surface area contributed by atoms with E-state index in [1.807, 2.05) is 24.0 Å². The van der Waals surface area contributed by atoms with E-state index in [1.165, 1.54) is 7.11 Å². The van der Waals surface area contributed by atoms with Crippen molar-refractivity contribution in [1.82, 2.24) is 4.90 Å². The predicted octanol–water partition coefficient (Wildman–Crippen LogP) is 1.55. The van der Waals surface area contributed by atoms with Crippen molar-refractivity contribution >= 4 is 26.8 Å². The Labute approximate surface area is 168 Å². The Morgan fingerprint density at radius 2 is 2.10 bits per heavy atom. The van der Waals surface area contributed by atoms with Gasteiger partial charge in [0.1, 0.15) is 18.1 Å². The molecule has 156 valence electrons. The molecule has 0 N–H and O–H groups in total. The largest absolute Gasteiger partial charge is 0.478 e. The molecule has 0 unspecified atom stereocenters. The number of nitrogens with zero attached hydrogens (tertiary/aromatic N) is 1. The van der Waals surface area contributed by atoms with Crippen molar-refractivity contribution in [2.75, 3.05) is 25.3 Å². The zero-order valence-corrected chi connectivity index (χ0v) is 17.4. The number of sulfone groups is 1. The summed E-state index contributed by atoms with van der Waals surface area (Å²) in [7, 11) is -1.80. The van der Waals surface area contributed by atoms with Crippen molar-refractivity contribution in [3.05, 3.63) is 39.2 Å². The van der Waals surface area contributed by atoms with Crippen LogP contribution in [0.4, 0.5) is 0 Å². The van der Waals surface area contributed by atoms with Crippen molar-refractivity contribution in [1.29, 1.82) is 0 Å². The highest BCUT2D eigenvalue weighted by Crippen LogP contribution is 2.38. The molecule has 2 aliphatic heterocycles. The summed E-state index contributed by atoms with van der Waals surface area (Å²) in [5.41, 5.74) is 0.944. The summed E-state index contributed by atoms with van der Waals surface area (Å²) in [4.78, 5) is 26.2. The van der Waals surface area contributed by atoms with Crippen LogP contribution in [0.2, 0.25) is 0 Å². The Balaban J connectivity index is 1.77. The maximum Gasteiger partial charge on any atom is 0.340 e. The first-order valence-corrected chi connectivity index (χ1v) is 11.2. The zero-order valence-electron chi connectivity index (χ0n) is 16.6. The van der Waals surface area contributed by atoms with E-state index in [0.717, 1.165) is 5.39 Å². The highest BCUT2D eigenvalue weighted by atomic mass is 32.2. The highest BCUT2D eigenvalue weighted by Gasteiger charge is 2.44. The Morgan fingerprint density at radius 1 is 1.34 bits per heavy atom. The van der Waals surface area contributed by atoms with Gasteiger partial charge in [-0.2, -0.15) is 0 Å². The van der Waals surface area contributed by atoms with E-state index in [2.05, 4.69) is 4.74 Å². The number of benzene rings is 1. The van der Waals surface area contributed by atoms with Crippen molar-refractivity contribution < 1.29 is 27.1 Å². The van der Waals surface area contributed by atoms with Crippen LogP contribution in [-0.4, -0.2) is 50.2 Å². The molecule has 4 rings (SSSR count). The van der Waals surface area contributed by atoms with Crippen LogP contribution in [0.1, 0.15) is 30.0 Å². The van der Waals surface area contributed by atoms with Crippen molar-refractivity contribution in [3.8, 4) is 5.75 Å². The normalized spacial score (nSPS) is 23.6. The van der Waals surface area contributed by atoms with Gasteiger partial charge in [-0.3, -0.25) is 9.69 Å². The standard InChI is InChI=1S/C20H23NO7S/c1-12-13-4-5-16-15(18(13)28-19(23)14(12)8-17(22)26-3)9-21(11-27-16)20(2)6-7-29(24,25)10-20/h4-5H,6-11H2,1-3H3/t20-/m0/s1. The minimum absolute atomic E-state index is 0.0791. The third kappa shape index (κ3) is 3.42. The molecule has 8 nitrogen and oxygen atoms in total. The van der Waals surface area contributed by atoms with E-state index in [9.17, 15) is 18.0 Å². The van der Waals surface area contributed by atoms with Crippen molar-refractivity contribution in [2.45, 2.75) is 38.8 Å². The monoisotopic (exact) mass is 421 g/mol. The second kappa shape index (κ2) is 6.84. The first-order valence-electron chi connectivity index (χ1n) is 9.37. The van der Waals surface area contributed by atoms with Crippen LogP contribution in [0.3, 0.4) is 0 Å². The van der Waals surface area contributed by atoms with Crippen molar-refractivity contribution in [2.24, 2.45) is 0 Å². The number of methoxy groups -OCH3 is 1. The average Bonchev–Trinajstić information content (AvgIpc) is 2.98. The number of hydrogen-bond donors (Lipinski definition) is 0. The number of rotatable bonds is 3. The topological polar surface area (TPSA) is 103 Å². The minimum atomic E-state index is -3.07. The fraction of sp³-hybridized carbons (Fsp3) is 0.500. The molecular formula is C20H23NO7S.